The minimum atomic E-state index is -1.34. The lowest BCUT2D eigenvalue weighted by Gasteiger charge is -2.12. The van der Waals surface area contributed by atoms with E-state index in [4.69, 9.17) is 16.3 Å². The molecule has 1 heterocycles. The van der Waals surface area contributed by atoms with Gasteiger partial charge in [-0.25, -0.2) is 9.78 Å². The Hall–Kier alpha value is -1.85. The minimum Gasteiger partial charge on any atom is -0.464 e. The number of carbonyl (C=O) groups is 1. The van der Waals surface area contributed by atoms with Crippen LogP contribution in [0.5, 0.6) is 0 Å². The molecule has 0 fully saturated rings. The molecular formula is C16H19ClN2O3. The Labute approximate surface area is 134 Å². The average Bonchev–Trinajstić information content (AvgIpc) is 2.97. The first kappa shape index (κ1) is 16.5. The largest absolute Gasteiger partial charge is 0.464 e. The molecule has 0 aliphatic carbocycles. The molecule has 0 aliphatic rings. The van der Waals surface area contributed by atoms with Gasteiger partial charge in [0.2, 0.25) is 6.10 Å². The maximum absolute atomic E-state index is 11.6. The SMILES string of the molecule is CCOC(=O)C(O)c1nccn1CCCc1ccc(Cl)cc1. The van der Waals surface area contributed by atoms with Crippen LogP contribution in [0.2, 0.25) is 5.02 Å². The van der Waals surface area contributed by atoms with E-state index in [0.29, 0.717) is 12.4 Å². The van der Waals surface area contributed by atoms with E-state index < -0.39 is 12.1 Å². The van der Waals surface area contributed by atoms with Crippen LogP contribution < -0.4 is 0 Å². The van der Waals surface area contributed by atoms with Gasteiger partial charge in [-0.2, -0.15) is 0 Å². The van der Waals surface area contributed by atoms with E-state index in [0.717, 1.165) is 17.9 Å². The number of hydrogen-bond acceptors (Lipinski definition) is 4. The minimum absolute atomic E-state index is 0.229. The van der Waals surface area contributed by atoms with E-state index in [1.54, 1.807) is 23.9 Å². The third kappa shape index (κ3) is 4.32. The van der Waals surface area contributed by atoms with Crippen molar-refractivity contribution in [1.82, 2.24) is 9.55 Å². The summed E-state index contributed by atoms with van der Waals surface area (Å²) in [6.07, 6.45) is 3.72. The molecule has 0 amide bonds. The monoisotopic (exact) mass is 322 g/mol. The molecule has 1 atom stereocenters. The molecule has 6 heteroatoms. The van der Waals surface area contributed by atoms with Crippen LogP contribution >= 0.6 is 11.6 Å². The van der Waals surface area contributed by atoms with Crippen molar-refractivity contribution in [3.63, 3.8) is 0 Å². The van der Waals surface area contributed by atoms with Gasteiger partial charge in [-0.05, 0) is 37.5 Å². The molecule has 0 saturated heterocycles. The zero-order valence-corrected chi connectivity index (χ0v) is 13.2. The lowest BCUT2D eigenvalue weighted by molar-refractivity contribution is -0.153. The number of carbonyl (C=O) groups excluding carboxylic acids is 1. The summed E-state index contributed by atoms with van der Waals surface area (Å²) in [5, 5.41) is 10.7. The Kier molecular flexibility index (Phi) is 5.98. The molecule has 0 saturated carbocycles. The molecule has 2 aromatic rings. The highest BCUT2D eigenvalue weighted by atomic mass is 35.5. The molecule has 0 aliphatic heterocycles. The van der Waals surface area contributed by atoms with Crippen LogP contribution in [-0.2, 0) is 22.5 Å². The van der Waals surface area contributed by atoms with E-state index in [1.165, 1.54) is 5.56 Å². The molecule has 0 radical (unpaired) electrons. The summed E-state index contributed by atoms with van der Waals surface area (Å²) in [5.41, 5.74) is 1.19. The summed E-state index contributed by atoms with van der Waals surface area (Å²) in [7, 11) is 0. The average molecular weight is 323 g/mol. The zero-order valence-electron chi connectivity index (χ0n) is 12.4. The topological polar surface area (TPSA) is 64.3 Å². The maximum Gasteiger partial charge on any atom is 0.342 e. The third-order valence-electron chi connectivity index (χ3n) is 3.28. The number of halogens is 1. The first-order chi connectivity index (χ1) is 10.6. The number of aliphatic hydroxyl groups excluding tert-OH is 1. The van der Waals surface area contributed by atoms with Gasteiger partial charge in [-0.3, -0.25) is 0 Å². The lowest BCUT2D eigenvalue weighted by atomic mass is 10.1. The Morgan fingerprint density at radius 1 is 1.41 bits per heavy atom. The number of aryl methyl sites for hydroxylation is 2. The number of aliphatic hydroxyl groups is 1. The fourth-order valence-corrected chi connectivity index (χ4v) is 2.31. The lowest BCUT2D eigenvalue weighted by Crippen LogP contribution is -2.19. The predicted octanol–water partition coefficient (Wildman–Crippen LogP) is 2.77. The molecule has 22 heavy (non-hydrogen) atoms. The van der Waals surface area contributed by atoms with Crippen LogP contribution in [0.1, 0.15) is 30.8 Å². The molecule has 1 N–H and O–H groups in total. The van der Waals surface area contributed by atoms with Crippen molar-refractivity contribution in [3.8, 4) is 0 Å². The fourth-order valence-electron chi connectivity index (χ4n) is 2.19. The highest BCUT2D eigenvalue weighted by Crippen LogP contribution is 2.15. The highest BCUT2D eigenvalue weighted by molar-refractivity contribution is 6.30. The molecule has 1 aromatic heterocycles. The number of rotatable bonds is 7. The molecule has 1 aromatic carbocycles. The summed E-state index contributed by atoms with van der Waals surface area (Å²) in [6, 6.07) is 7.71. The van der Waals surface area contributed by atoms with Gasteiger partial charge >= 0.3 is 5.97 Å². The van der Waals surface area contributed by atoms with E-state index >= 15 is 0 Å². The van der Waals surface area contributed by atoms with Crippen LogP contribution in [0.15, 0.2) is 36.7 Å². The standard InChI is InChI=1S/C16H19ClN2O3/c1-2-22-16(21)14(20)15-18-9-11-19(15)10-3-4-12-5-7-13(17)8-6-12/h5-9,11,14,20H,2-4,10H2,1H3. The Morgan fingerprint density at radius 2 is 2.14 bits per heavy atom. The van der Waals surface area contributed by atoms with Crippen molar-refractivity contribution in [2.75, 3.05) is 6.61 Å². The summed E-state index contributed by atoms with van der Waals surface area (Å²) >= 11 is 5.85. The molecule has 5 nitrogen and oxygen atoms in total. The van der Waals surface area contributed by atoms with Gasteiger partial charge in [0.15, 0.2) is 0 Å². The van der Waals surface area contributed by atoms with E-state index in [2.05, 4.69) is 4.98 Å². The normalized spacial score (nSPS) is 12.1. The van der Waals surface area contributed by atoms with Gasteiger partial charge in [0, 0.05) is 24.0 Å². The molecule has 0 spiro atoms. The predicted molar refractivity (Wildman–Crippen MR) is 83.6 cm³/mol. The Balaban J connectivity index is 1.92. The van der Waals surface area contributed by atoms with Crippen LogP contribution in [0.3, 0.4) is 0 Å². The number of benzene rings is 1. The number of imidazole rings is 1. The van der Waals surface area contributed by atoms with Crippen molar-refractivity contribution in [3.05, 3.63) is 53.1 Å². The number of nitrogens with zero attached hydrogens (tertiary/aromatic N) is 2. The smallest absolute Gasteiger partial charge is 0.342 e. The third-order valence-corrected chi connectivity index (χ3v) is 3.53. The first-order valence-corrected chi connectivity index (χ1v) is 7.59. The second-order valence-corrected chi connectivity index (χ2v) is 5.30. The van der Waals surface area contributed by atoms with Gasteiger partial charge in [-0.1, -0.05) is 23.7 Å². The Bertz CT molecular complexity index is 610. The molecule has 1 unspecified atom stereocenters. The van der Waals surface area contributed by atoms with Crippen LogP contribution in [0.25, 0.3) is 0 Å². The van der Waals surface area contributed by atoms with Crippen molar-refractivity contribution in [2.24, 2.45) is 0 Å². The van der Waals surface area contributed by atoms with E-state index in [-0.39, 0.29) is 6.61 Å². The highest BCUT2D eigenvalue weighted by Gasteiger charge is 2.23. The summed E-state index contributed by atoms with van der Waals surface area (Å²) in [4.78, 5) is 15.6. The summed E-state index contributed by atoms with van der Waals surface area (Å²) in [5.74, 6) is -0.359. The number of esters is 1. The van der Waals surface area contributed by atoms with Gasteiger partial charge < -0.3 is 14.4 Å². The number of ether oxygens (including phenoxy) is 1. The Morgan fingerprint density at radius 3 is 2.82 bits per heavy atom. The van der Waals surface area contributed by atoms with Crippen molar-refractivity contribution in [1.29, 1.82) is 0 Å². The second-order valence-electron chi connectivity index (χ2n) is 4.86. The number of hydrogen-bond donors (Lipinski definition) is 1. The maximum atomic E-state index is 11.6. The summed E-state index contributed by atoms with van der Waals surface area (Å²) < 4.78 is 6.59. The van der Waals surface area contributed by atoms with Crippen molar-refractivity contribution >= 4 is 17.6 Å². The van der Waals surface area contributed by atoms with Gasteiger partial charge in [0.1, 0.15) is 5.82 Å². The number of aromatic nitrogens is 2. The van der Waals surface area contributed by atoms with Crippen molar-refractivity contribution < 1.29 is 14.6 Å². The first-order valence-electron chi connectivity index (χ1n) is 7.22. The van der Waals surface area contributed by atoms with Crippen molar-refractivity contribution in [2.45, 2.75) is 32.4 Å². The van der Waals surface area contributed by atoms with Crippen LogP contribution in [-0.4, -0.2) is 27.2 Å². The van der Waals surface area contributed by atoms with Crippen LogP contribution in [0, 0.1) is 0 Å². The fraction of sp³-hybridized carbons (Fsp3) is 0.375. The van der Waals surface area contributed by atoms with Gasteiger partial charge in [0.25, 0.3) is 0 Å². The van der Waals surface area contributed by atoms with Gasteiger partial charge in [-0.15, -0.1) is 0 Å². The van der Waals surface area contributed by atoms with E-state index in [9.17, 15) is 9.90 Å². The zero-order chi connectivity index (χ0) is 15.9. The second kappa shape index (κ2) is 7.96. The van der Waals surface area contributed by atoms with Crippen LogP contribution in [0.4, 0.5) is 0 Å². The molecule has 0 bridgehead atoms. The van der Waals surface area contributed by atoms with E-state index in [1.807, 2.05) is 24.3 Å². The quantitative estimate of drug-likeness (QED) is 0.796. The van der Waals surface area contributed by atoms with Gasteiger partial charge in [0.05, 0.1) is 6.61 Å². The molecular weight excluding hydrogens is 304 g/mol. The molecule has 118 valence electrons. The summed E-state index contributed by atoms with van der Waals surface area (Å²) in [6.45, 7) is 2.59. The molecule has 2 rings (SSSR count).